The highest BCUT2D eigenvalue weighted by Crippen LogP contribution is 2.34. The van der Waals surface area contributed by atoms with Gasteiger partial charge in [0.05, 0.1) is 4.90 Å². The van der Waals surface area contributed by atoms with Gasteiger partial charge in [-0.1, -0.05) is 18.2 Å². The van der Waals surface area contributed by atoms with E-state index in [9.17, 15) is 18.0 Å². The maximum absolute atomic E-state index is 13.3. The normalized spacial score (nSPS) is 19.3. The number of hydrogen-bond donors (Lipinski definition) is 0. The molecule has 3 aliphatic heterocycles. The molecule has 0 aromatic heterocycles. The van der Waals surface area contributed by atoms with Gasteiger partial charge in [0.25, 0.3) is 0 Å². The average molecular weight is 468 g/mol. The van der Waals surface area contributed by atoms with Crippen molar-refractivity contribution in [2.24, 2.45) is 5.92 Å². The highest BCUT2D eigenvalue weighted by molar-refractivity contribution is 7.89. The third kappa shape index (κ3) is 3.95. The lowest BCUT2D eigenvalue weighted by Crippen LogP contribution is -2.44. The van der Waals surface area contributed by atoms with Crippen molar-refractivity contribution in [2.75, 3.05) is 36.0 Å². The molecule has 0 radical (unpaired) electrons. The van der Waals surface area contributed by atoms with Crippen LogP contribution in [-0.4, -0.2) is 50.7 Å². The molecular weight excluding hydrogens is 438 g/mol. The lowest BCUT2D eigenvalue weighted by Gasteiger charge is -2.33. The topological polar surface area (TPSA) is 78.0 Å². The summed E-state index contributed by atoms with van der Waals surface area (Å²) < 4.78 is 28.2. The number of para-hydroxylation sites is 1. The van der Waals surface area contributed by atoms with Crippen LogP contribution < -0.4 is 9.80 Å². The van der Waals surface area contributed by atoms with Crippen LogP contribution in [0.25, 0.3) is 0 Å². The maximum Gasteiger partial charge on any atom is 0.243 e. The Bertz CT molecular complexity index is 1200. The van der Waals surface area contributed by atoms with E-state index in [0.717, 1.165) is 36.2 Å². The minimum Gasteiger partial charge on any atom is -0.312 e. The minimum absolute atomic E-state index is 0.0288. The molecule has 0 atom stereocenters. The van der Waals surface area contributed by atoms with Crippen molar-refractivity contribution in [2.45, 2.75) is 43.9 Å². The van der Waals surface area contributed by atoms with Crippen LogP contribution in [0.3, 0.4) is 0 Å². The number of benzene rings is 2. The number of aryl methyl sites for hydroxylation is 1. The predicted molar refractivity (Wildman–Crippen MR) is 127 cm³/mol. The summed E-state index contributed by atoms with van der Waals surface area (Å²) in [6, 6.07) is 13.1. The average Bonchev–Trinajstić information content (AvgIpc) is 3.27. The first-order chi connectivity index (χ1) is 15.9. The van der Waals surface area contributed by atoms with Gasteiger partial charge in [-0.3, -0.25) is 9.59 Å². The molecular formula is C25H29N3O4S. The molecule has 1 saturated heterocycles. The Kier molecular flexibility index (Phi) is 5.74. The van der Waals surface area contributed by atoms with Gasteiger partial charge in [0.15, 0.2) is 0 Å². The number of rotatable bonds is 3. The van der Waals surface area contributed by atoms with Crippen LogP contribution in [0.5, 0.6) is 0 Å². The quantitative estimate of drug-likeness (QED) is 0.695. The smallest absolute Gasteiger partial charge is 0.243 e. The van der Waals surface area contributed by atoms with Crippen molar-refractivity contribution in [3.8, 4) is 0 Å². The summed E-state index contributed by atoms with van der Waals surface area (Å²) in [5.74, 6) is -0.0794. The molecule has 2 aromatic carbocycles. The molecule has 0 bridgehead atoms. The number of carbonyl (C=O) groups is 2. The lowest BCUT2D eigenvalue weighted by molar-refractivity contribution is -0.123. The predicted octanol–water partition coefficient (Wildman–Crippen LogP) is 2.98. The third-order valence-electron chi connectivity index (χ3n) is 7.14. The first-order valence-electron chi connectivity index (χ1n) is 11.7. The van der Waals surface area contributed by atoms with Crippen molar-refractivity contribution in [3.63, 3.8) is 0 Å². The SMILES string of the molecule is CC(=O)N1CCCc2cc(S(=O)(=O)N3CCC(C(=O)N4CCc5ccccc54)CC3)ccc21. The number of sulfonamides is 1. The highest BCUT2D eigenvalue weighted by Gasteiger charge is 2.36. The summed E-state index contributed by atoms with van der Waals surface area (Å²) >= 11 is 0. The van der Waals surface area contributed by atoms with Crippen molar-refractivity contribution in [1.82, 2.24) is 4.31 Å². The standard InChI is InChI=1S/C25H29N3O4S/c1-18(29)27-13-4-6-21-17-22(8-9-24(21)27)33(31,32)26-14-10-20(11-15-26)25(30)28-16-12-19-5-2-3-7-23(19)28/h2-3,5,7-9,17,20H,4,6,10-16H2,1H3. The summed E-state index contributed by atoms with van der Waals surface area (Å²) in [6.07, 6.45) is 3.51. The summed E-state index contributed by atoms with van der Waals surface area (Å²) in [5, 5.41) is 0. The van der Waals surface area contributed by atoms with Crippen LogP contribution in [0.15, 0.2) is 47.4 Å². The molecule has 2 aromatic rings. The number of piperidine rings is 1. The molecule has 0 aliphatic carbocycles. The number of nitrogens with zero attached hydrogens (tertiary/aromatic N) is 3. The first-order valence-corrected chi connectivity index (χ1v) is 13.1. The molecule has 2 amide bonds. The fourth-order valence-corrected chi connectivity index (χ4v) is 6.86. The largest absolute Gasteiger partial charge is 0.312 e. The molecule has 0 saturated carbocycles. The Morgan fingerprint density at radius 3 is 2.33 bits per heavy atom. The second-order valence-corrected chi connectivity index (χ2v) is 11.0. The van der Waals surface area contributed by atoms with E-state index in [-0.39, 0.29) is 22.6 Å². The van der Waals surface area contributed by atoms with Crippen LogP contribution in [0.2, 0.25) is 0 Å². The first kappa shape index (κ1) is 22.1. The van der Waals surface area contributed by atoms with Gasteiger partial charge in [0.1, 0.15) is 0 Å². The zero-order chi connectivity index (χ0) is 23.2. The fraction of sp³-hybridized carbons (Fsp3) is 0.440. The zero-order valence-corrected chi connectivity index (χ0v) is 19.7. The Labute approximate surface area is 195 Å². The van der Waals surface area contributed by atoms with Gasteiger partial charge in [-0.25, -0.2) is 8.42 Å². The van der Waals surface area contributed by atoms with E-state index in [2.05, 4.69) is 6.07 Å². The van der Waals surface area contributed by atoms with Crippen LogP contribution in [0, 0.1) is 5.92 Å². The second-order valence-electron chi connectivity index (χ2n) is 9.11. The molecule has 5 rings (SSSR count). The molecule has 174 valence electrons. The Morgan fingerprint density at radius 2 is 1.58 bits per heavy atom. The summed E-state index contributed by atoms with van der Waals surface area (Å²) in [6.45, 7) is 3.57. The lowest BCUT2D eigenvalue weighted by atomic mass is 9.96. The second kappa shape index (κ2) is 8.57. The number of carbonyl (C=O) groups excluding carboxylic acids is 2. The highest BCUT2D eigenvalue weighted by atomic mass is 32.2. The Balaban J connectivity index is 1.28. The van der Waals surface area contributed by atoms with E-state index in [1.54, 1.807) is 23.1 Å². The van der Waals surface area contributed by atoms with Crippen LogP contribution in [0.1, 0.15) is 37.3 Å². The number of fused-ring (bicyclic) bond motifs is 2. The van der Waals surface area contributed by atoms with Crippen molar-refractivity contribution < 1.29 is 18.0 Å². The number of hydrogen-bond acceptors (Lipinski definition) is 4. The van der Waals surface area contributed by atoms with E-state index >= 15 is 0 Å². The molecule has 1 fully saturated rings. The van der Waals surface area contributed by atoms with Crippen molar-refractivity contribution >= 4 is 33.2 Å². The van der Waals surface area contributed by atoms with E-state index in [4.69, 9.17) is 0 Å². The van der Waals surface area contributed by atoms with Gasteiger partial charge < -0.3 is 9.80 Å². The maximum atomic E-state index is 13.3. The Morgan fingerprint density at radius 1 is 0.848 bits per heavy atom. The van der Waals surface area contributed by atoms with Gasteiger partial charge >= 0.3 is 0 Å². The van der Waals surface area contributed by atoms with Gasteiger partial charge in [-0.05, 0) is 67.5 Å². The van der Waals surface area contributed by atoms with Gasteiger partial charge in [0.2, 0.25) is 21.8 Å². The van der Waals surface area contributed by atoms with E-state index in [1.807, 2.05) is 23.1 Å². The third-order valence-corrected chi connectivity index (χ3v) is 9.04. The molecule has 33 heavy (non-hydrogen) atoms. The van der Waals surface area contributed by atoms with Crippen LogP contribution in [0.4, 0.5) is 11.4 Å². The van der Waals surface area contributed by atoms with E-state index in [0.29, 0.717) is 39.0 Å². The fourth-order valence-electron chi connectivity index (χ4n) is 5.34. The van der Waals surface area contributed by atoms with Crippen LogP contribution >= 0.6 is 0 Å². The molecule has 3 aliphatic rings. The molecule has 7 nitrogen and oxygen atoms in total. The van der Waals surface area contributed by atoms with Crippen LogP contribution in [-0.2, 0) is 32.5 Å². The summed E-state index contributed by atoms with van der Waals surface area (Å²) in [7, 11) is -3.65. The molecule has 3 heterocycles. The minimum atomic E-state index is -3.65. The van der Waals surface area contributed by atoms with Crippen molar-refractivity contribution in [1.29, 1.82) is 0 Å². The molecule has 0 N–H and O–H groups in total. The molecule has 8 heteroatoms. The van der Waals surface area contributed by atoms with Crippen molar-refractivity contribution in [3.05, 3.63) is 53.6 Å². The van der Waals surface area contributed by atoms with Gasteiger partial charge in [-0.15, -0.1) is 0 Å². The van der Waals surface area contributed by atoms with Gasteiger partial charge in [-0.2, -0.15) is 4.31 Å². The van der Waals surface area contributed by atoms with E-state index < -0.39 is 10.0 Å². The number of amides is 2. The monoisotopic (exact) mass is 467 g/mol. The zero-order valence-electron chi connectivity index (χ0n) is 18.9. The summed E-state index contributed by atoms with van der Waals surface area (Å²) in [5.41, 5.74) is 3.89. The molecule has 0 unspecified atom stereocenters. The molecule has 0 spiro atoms. The van der Waals surface area contributed by atoms with Gasteiger partial charge in [0, 0.05) is 50.4 Å². The van der Waals surface area contributed by atoms with E-state index in [1.165, 1.54) is 16.8 Å². The Hall–Kier alpha value is -2.71. The number of anilines is 2. The summed E-state index contributed by atoms with van der Waals surface area (Å²) in [4.78, 5) is 28.9.